The monoisotopic (exact) mass is 367 g/mol. The molecule has 1 aliphatic rings. The van der Waals surface area contributed by atoms with E-state index in [0.29, 0.717) is 6.54 Å². The van der Waals surface area contributed by atoms with E-state index in [4.69, 9.17) is 4.74 Å². The number of aromatic nitrogens is 1. The van der Waals surface area contributed by atoms with Crippen LogP contribution >= 0.6 is 0 Å². The highest BCUT2D eigenvalue weighted by molar-refractivity contribution is 5.79. The molecule has 1 aromatic heterocycles. The molecule has 2 N–H and O–H groups in total. The number of guanidine groups is 1. The third-order valence-electron chi connectivity index (χ3n) is 4.91. The van der Waals surface area contributed by atoms with Crippen LogP contribution in [0.25, 0.3) is 0 Å². The lowest BCUT2D eigenvalue weighted by atomic mass is 10.1. The second-order valence-corrected chi connectivity index (χ2v) is 6.66. The molecule has 1 fully saturated rings. The van der Waals surface area contributed by atoms with Crippen LogP contribution in [0.3, 0.4) is 0 Å². The summed E-state index contributed by atoms with van der Waals surface area (Å²) in [7, 11) is 3.51. The summed E-state index contributed by atoms with van der Waals surface area (Å²) < 4.78 is 5.42. The van der Waals surface area contributed by atoms with E-state index in [1.54, 1.807) is 20.4 Å². The predicted octanol–water partition coefficient (Wildman–Crippen LogP) is 2.59. The molecule has 1 unspecified atom stereocenters. The summed E-state index contributed by atoms with van der Waals surface area (Å²) >= 11 is 0. The fraction of sp³-hybridized carbons (Fsp3) is 0.429. The lowest BCUT2D eigenvalue weighted by molar-refractivity contribution is 0.245. The van der Waals surface area contributed by atoms with Crippen molar-refractivity contribution in [2.45, 2.75) is 25.4 Å². The number of hydrogen-bond donors (Lipinski definition) is 2. The summed E-state index contributed by atoms with van der Waals surface area (Å²) in [5.74, 6) is 1.68. The number of likely N-dealkylation sites (tertiary alicyclic amines) is 1. The molecular weight excluding hydrogens is 338 g/mol. The van der Waals surface area contributed by atoms with Crippen molar-refractivity contribution in [2.24, 2.45) is 4.99 Å². The Balaban J connectivity index is 1.64. The normalized spacial score (nSPS) is 16.1. The lowest BCUT2D eigenvalue weighted by Gasteiger charge is -2.29. The van der Waals surface area contributed by atoms with Crippen molar-refractivity contribution in [2.75, 3.05) is 33.8 Å². The maximum atomic E-state index is 5.42. The Morgan fingerprint density at radius 1 is 1.19 bits per heavy atom. The van der Waals surface area contributed by atoms with E-state index in [1.165, 1.54) is 18.4 Å². The predicted molar refractivity (Wildman–Crippen MR) is 109 cm³/mol. The van der Waals surface area contributed by atoms with Gasteiger partial charge in [-0.15, -0.1) is 0 Å². The molecule has 1 aliphatic heterocycles. The van der Waals surface area contributed by atoms with Crippen molar-refractivity contribution in [1.29, 1.82) is 0 Å². The molecule has 2 aromatic rings. The molecule has 0 radical (unpaired) electrons. The van der Waals surface area contributed by atoms with Crippen molar-refractivity contribution in [3.63, 3.8) is 0 Å². The van der Waals surface area contributed by atoms with E-state index in [0.717, 1.165) is 37.0 Å². The quantitative estimate of drug-likeness (QED) is 0.582. The average Bonchev–Trinajstić information content (AvgIpc) is 3.26. The zero-order valence-corrected chi connectivity index (χ0v) is 16.2. The summed E-state index contributed by atoms with van der Waals surface area (Å²) in [6.45, 7) is 3.69. The van der Waals surface area contributed by atoms with E-state index < -0.39 is 0 Å². The highest BCUT2D eigenvalue weighted by atomic mass is 16.5. The second-order valence-electron chi connectivity index (χ2n) is 6.66. The molecule has 144 valence electrons. The number of pyridine rings is 1. The van der Waals surface area contributed by atoms with Crippen molar-refractivity contribution < 1.29 is 4.74 Å². The van der Waals surface area contributed by atoms with Gasteiger partial charge < -0.3 is 15.4 Å². The van der Waals surface area contributed by atoms with Gasteiger partial charge in [0.1, 0.15) is 5.75 Å². The van der Waals surface area contributed by atoms with Crippen LogP contribution in [0, 0.1) is 0 Å². The molecule has 1 aromatic carbocycles. The minimum atomic E-state index is 0.288. The van der Waals surface area contributed by atoms with Crippen LogP contribution in [0.1, 0.15) is 30.1 Å². The van der Waals surface area contributed by atoms with Gasteiger partial charge in [-0.1, -0.05) is 18.2 Å². The topological polar surface area (TPSA) is 61.8 Å². The number of ether oxygens (including phenoxy) is 1. The van der Waals surface area contributed by atoms with E-state index in [-0.39, 0.29) is 6.04 Å². The van der Waals surface area contributed by atoms with Gasteiger partial charge in [0.25, 0.3) is 0 Å². The number of hydrogen-bond acceptors (Lipinski definition) is 4. The second kappa shape index (κ2) is 9.92. The summed E-state index contributed by atoms with van der Waals surface area (Å²) in [5, 5.41) is 6.82. The van der Waals surface area contributed by atoms with E-state index >= 15 is 0 Å². The maximum absolute atomic E-state index is 5.42. The first-order chi connectivity index (χ1) is 13.3. The van der Waals surface area contributed by atoms with Crippen LogP contribution in [0.5, 0.6) is 5.75 Å². The fourth-order valence-corrected chi connectivity index (χ4v) is 3.45. The molecule has 3 rings (SSSR count). The fourth-order valence-electron chi connectivity index (χ4n) is 3.45. The zero-order chi connectivity index (χ0) is 18.9. The molecule has 2 heterocycles. The smallest absolute Gasteiger partial charge is 0.191 e. The number of benzene rings is 1. The number of aliphatic imine (C=N–C) groups is 1. The van der Waals surface area contributed by atoms with Gasteiger partial charge in [0, 0.05) is 19.8 Å². The summed E-state index contributed by atoms with van der Waals surface area (Å²) in [5.41, 5.74) is 2.26. The van der Waals surface area contributed by atoms with Gasteiger partial charge in [0.05, 0.1) is 25.4 Å². The SMILES string of the molecule is CN=C(NCc1ccccn1)NCC(c1cccc(OC)c1)N1CCCC1. The molecule has 1 atom stereocenters. The van der Waals surface area contributed by atoms with Crippen LogP contribution in [0.2, 0.25) is 0 Å². The highest BCUT2D eigenvalue weighted by Gasteiger charge is 2.24. The van der Waals surface area contributed by atoms with E-state index in [9.17, 15) is 0 Å². The van der Waals surface area contributed by atoms with Gasteiger partial charge in [0.15, 0.2) is 5.96 Å². The Kier molecular flexibility index (Phi) is 7.04. The number of methoxy groups -OCH3 is 1. The molecule has 6 nitrogen and oxygen atoms in total. The molecular formula is C21H29N5O. The van der Waals surface area contributed by atoms with Crippen molar-refractivity contribution in [3.8, 4) is 5.75 Å². The molecule has 0 aliphatic carbocycles. The summed E-state index contributed by atoms with van der Waals surface area (Å²) in [6.07, 6.45) is 4.32. The Hall–Kier alpha value is -2.60. The minimum Gasteiger partial charge on any atom is -0.497 e. The van der Waals surface area contributed by atoms with Gasteiger partial charge in [0.2, 0.25) is 0 Å². The van der Waals surface area contributed by atoms with Gasteiger partial charge >= 0.3 is 0 Å². The van der Waals surface area contributed by atoms with Gasteiger partial charge in [-0.05, 0) is 55.8 Å². The molecule has 6 heteroatoms. The molecule has 1 saturated heterocycles. The Morgan fingerprint density at radius 2 is 2.04 bits per heavy atom. The Bertz CT molecular complexity index is 728. The van der Waals surface area contributed by atoms with Gasteiger partial charge in [-0.2, -0.15) is 0 Å². The first-order valence-corrected chi connectivity index (χ1v) is 9.52. The summed E-state index contributed by atoms with van der Waals surface area (Å²) in [4.78, 5) is 11.2. The zero-order valence-electron chi connectivity index (χ0n) is 16.2. The molecule has 0 amide bonds. The van der Waals surface area contributed by atoms with Crippen LogP contribution in [-0.4, -0.2) is 49.6 Å². The maximum Gasteiger partial charge on any atom is 0.191 e. The lowest BCUT2D eigenvalue weighted by Crippen LogP contribution is -2.42. The summed E-state index contributed by atoms with van der Waals surface area (Å²) in [6, 6.07) is 14.6. The van der Waals surface area contributed by atoms with Crippen molar-refractivity contribution in [3.05, 3.63) is 59.9 Å². The third-order valence-corrected chi connectivity index (χ3v) is 4.91. The molecule has 0 bridgehead atoms. The van der Waals surface area contributed by atoms with Crippen molar-refractivity contribution >= 4 is 5.96 Å². The Morgan fingerprint density at radius 3 is 2.74 bits per heavy atom. The average molecular weight is 367 g/mol. The number of nitrogens with zero attached hydrogens (tertiary/aromatic N) is 3. The highest BCUT2D eigenvalue weighted by Crippen LogP contribution is 2.27. The molecule has 0 spiro atoms. The van der Waals surface area contributed by atoms with Crippen LogP contribution in [-0.2, 0) is 6.54 Å². The minimum absolute atomic E-state index is 0.288. The first-order valence-electron chi connectivity index (χ1n) is 9.52. The largest absolute Gasteiger partial charge is 0.497 e. The third kappa shape index (κ3) is 5.44. The van der Waals surface area contributed by atoms with Crippen LogP contribution < -0.4 is 15.4 Å². The van der Waals surface area contributed by atoms with Gasteiger partial charge in [-0.3, -0.25) is 14.9 Å². The van der Waals surface area contributed by atoms with Gasteiger partial charge in [-0.25, -0.2) is 0 Å². The molecule has 27 heavy (non-hydrogen) atoms. The number of nitrogens with one attached hydrogen (secondary N) is 2. The van der Waals surface area contributed by atoms with Crippen LogP contribution in [0.4, 0.5) is 0 Å². The van der Waals surface area contributed by atoms with Crippen molar-refractivity contribution in [1.82, 2.24) is 20.5 Å². The number of rotatable bonds is 7. The van der Waals surface area contributed by atoms with E-state index in [1.807, 2.05) is 24.3 Å². The molecule has 0 saturated carbocycles. The van der Waals surface area contributed by atoms with E-state index in [2.05, 4.69) is 43.7 Å². The first kappa shape index (κ1) is 19.2. The standard InChI is InChI=1S/C21H29N5O/c1-22-21(24-15-18-9-3-4-11-23-18)25-16-20(26-12-5-6-13-26)17-8-7-10-19(14-17)27-2/h3-4,7-11,14,20H,5-6,12-13,15-16H2,1-2H3,(H2,22,24,25). The van der Waals surface area contributed by atoms with Crippen LogP contribution in [0.15, 0.2) is 53.7 Å². The Labute approximate surface area is 161 Å².